The van der Waals surface area contributed by atoms with Gasteiger partial charge in [0, 0.05) is 39.7 Å². The Bertz CT molecular complexity index is 1390. The molecule has 0 saturated carbocycles. The fourth-order valence-electron chi connectivity index (χ4n) is 3.82. The number of carbonyl (C=O) groups is 1. The molecule has 0 aliphatic heterocycles. The lowest BCUT2D eigenvalue weighted by Gasteiger charge is -2.20. The van der Waals surface area contributed by atoms with Crippen LogP contribution in [0.15, 0.2) is 78.1 Å². The molecule has 4 aromatic rings. The van der Waals surface area contributed by atoms with Crippen molar-refractivity contribution in [2.45, 2.75) is 19.3 Å². The number of benzene rings is 2. The predicted octanol–water partition coefficient (Wildman–Crippen LogP) is 7.37. The number of hydrogen-bond donors (Lipinski definition) is 2. The van der Waals surface area contributed by atoms with E-state index in [0.717, 1.165) is 21.7 Å². The highest BCUT2D eigenvalue weighted by molar-refractivity contribution is 7.17. The Balaban J connectivity index is 1.69. The molecule has 4 rings (SSSR count). The van der Waals surface area contributed by atoms with Gasteiger partial charge < -0.3 is 15.1 Å². The van der Waals surface area contributed by atoms with Gasteiger partial charge in [-0.2, -0.15) is 0 Å². The van der Waals surface area contributed by atoms with E-state index in [1.165, 1.54) is 17.4 Å². The molecule has 6 nitrogen and oxygen atoms in total. The molecule has 0 aliphatic carbocycles. The van der Waals surface area contributed by atoms with Gasteiger partial charge in [0.1, 0.15) is 5.82 Å². The van der Waals surface area contributed by atoms with Crippen molar-refractivity contribution in [2.75, 3.05) is 0 Å². The van der Waals surface area contributed by atoms with Crippen molar-refractivity contribution in [3.8, 4) is 15.5 Å². The Morgan fingerprint density at radius 2 is 1.91 bits per heavy atom. The van der Waals surface area contributed by atoms with E-state index < -0.39 is 17.9 Å². The average molecular weight is 511 g/mol. The zero-order valence-corrected chi connectivity index (χ0v) is 20.1. The summed E-state index contributed by atoms with van der Waals surface area (Å²) in [6.07, 6.45) is 0.492. The Morgan fingerprint density at radius 3 is 2.57 bits per heavy atom. The number of hydrogen-bond acceptors (Lipinski definition) is 6. The van der Waals surface area contributed by atoms with E-state index in [4.69, 9.17) is 21.4 Å². The first-order valence-electron chi connectivity index (χ1n) is 10.5. The maximum Gasteiger partial charge on any atom is 0.512 e. The second-order valence-corrected chi connectivity index (χ2v) is 9.25. The third kappa shape index (κ3) is 5.85. The summed E-state index contributed by atoms with van der Waals surface area (Å²) in [4.78, 5) is 15.8. The SMILES string of the molecule is Cc1cc(/C(CC(c2ccc(-c3ccc(OC(=O)O)s3)cc2)c2ccc(Cl)cc2F)=N/O)ccn1. The summed E-state index contributed by atoms with van der Waals surface area (Å²) >= 11 is 7.19. The second kappa shape index (κ2) is 10.7. The molecule has 0 amide bonds. The first-order chi connectivity index (χ1) is 16.8. The highest BCUT2D eigenvalue weighted by atomic mass is 35.5. The Hall–Kier alpha value is -3.75. The zero-order valence-electron chi connectivity index (χ0n) is 18.5. The summed E-state index contributed by atoms with van der Waals surface area (Å²) < 4.78 is 19.7. The number of carboxylic acid groups (broad SMARTS) is 1. The number of ether oxygens (including phenoxy) is 1. The summed E-state index contributed by atoms with van der Waals surface area (Å²) in [6.45, 7) is 1.84. The molecule has 2 heterocycles. The van der Waals surface area contributed by atoms with Crippen LogP contribution in [-0.4, -0.2) is 27.2 Å². The molecule has 0 radical (unpaired) electrons. The van der Waals surface area contributed by atoms with Crippen LogP contribution in [0.25, 0.3) is 10.4 Å². The second-order valence-electron chi connectivity index (χ2n) is 7.76. The van der Waals surface area contributed by atoms with Gasteiger partial charge in [0.2, 0.25) is 0 Å². The van der Waals surface area contributed by atoms with Crippen molar-refractivity contribution in [3.63, 3.8) is 0 Å². The molecule has 9 heteroatoms. The van der Waals surface area contributed by atoms with Crippen LogP contribution in [0.2, 0.25) is 5.02 Å². The third-order valence-electron chi connectivity index (χ3n) is 5.45. The van der Waals surface area contributed by atoms with E-state index in [1.807, 2.05) is 31.2 Å². The van der Waals surface area contributed by atoms with E-state index in [2.05, 4.69) is 10.1 Å². The number of rotatable bonds is 7. The van der Waals surface area contributed by atoms with Crippen molar-refractivity contribution >= 4 is 34.8 Å². The maximum atomic E-state index is 15.0. The van der Waals surface area contributed by atoms with Crippen LogP contribution in [0.3, 0.4) is 0 Å². The predicted molar refractivity (Wildman–Crippen MR) is 134 cm³/mol. The van der Waals surface area contributed by atoms with Crippen molar-refractivity contribution < 1.29 is 24.2 Å². The number of oxime groups is 1. The van der Waals surface area contributed by atoms with Crippen LogP contribution in [0.4, 0.5) is 9.18 Å². The van der Waals surface area contributed by atoms with Gasteiger partial charge in [-0.3, -0.25) is 4.98 Å². The first-order valence-corrected chi connectivity index (χ1v) is 11.7. The summed E-state index contributed by atoms with van der Waals surface area (Å²) in [5.41, 5.74) is 3.94. The van der Waals surface area contributed by atoms with Crippen molar-refractivity contribution in [1.82, 2.24) is 4.98 Å². The number of thiophene rings is 1. The van der Waals surface area contributed by atoms with Crippen LogP contribution < -0.4 is 4.74 Å². The van der Waals surface area contributed by atoms with E-state index in [0.29, 0.717) is 21.9 Å². The van der Waals surface area contributed by atoms with Crippen LogP contribution in [-0.2, 0) is 0 Å². The van der Waals surface area contributed by atoms with Crippen molar-refractivity contribution in [3.05, 3.63) is 106 Å². The lowest BCUT2D eigenvalue weighted by molar-refractivity contribution is 0.146. The van der Waals surface area contributed by atoms with E-state index in [-0.39, 0.29) is 11.5 Å². The molecule has 0 saturated heterocycles. The van der Waals surface area contributed by atoms with Crippen LogP contribution >= 0.6 is 22.9 Å². The first kappa shape index (κ1) is 24.4. The van der Waals surface area contributed by atoms with Gasteiger partial charge in [0.05, 0.1) is 5.71 Å². The molecule has 1 atom stereocenters. The standard InChI is InChI=1S/C26H20ClFN2O4S/c1-15-12-18(10-11-29-15)23(30-33)14-21(20-7-6-19(27)13-22(20)28)16-2-4-17(5-3-16)24-8-9-25(35-24)34-26(31)32/h2-13,21,33H,14H2,1H3,(H,31,32)/b30-23+. The normalized spacial score (nSPS) is 12.4. The molecule has 0 bridgehead atoms. The minimum Gasteiger partial charge on any atom is -0.449 e. The van der Waals surface area contributed by atoms with Gasteiger partial charge in [-0.25, -0.2) is 9.18 Å². The van der Waals surface area contributed by atoms with E-state index in [9.17, 15) is 10.0 Å². The minimum absolute atomic E-state index is 0.230. The molecule has 35 heavy (non-hydrogen) atoms. The molecule has 0 fully saturated rings. The van der Waals surface area contributed by atoms with Gasteiger partial charge in [0.25, 0.3) is 0 Å². The maximum absolute atomic E-state index is 15.0. The van der Waals surface area contributed by atoms with E-state index >= 15 is 4.39 Å². The molecule has 178 valence electrons. The Kier molecular flexibility index (Phi) is 7.43. The average Bonchev–Trinajstić information content (AvgIpc) is 3.28. The van der Waals surface area contributed by atoms with Crippen LogP contribution in [0, 0.1) is 12.7 Å². The fraction of sp³-hybridized carbons (Fsp3) is 0.115. The monoisotopic (exact) mass is 510 g/mol. The zero-order chi connectivity index (χ0) is 24.9. The largest absolute Gasteiger partial charge is 0.512 e. The quantitative estimate of drug-likeness (QED) is 0.117. The van der Waals surface area contributed by atoms with Gasteiger partial charge in [0.15, 0.2) is 5.06 Å². The summed E-state index contributed by atoms with van der Waals surface area (Å²) in [6, 6.07) is 18.9. The van der Waals surface area contributed by atoms with Crippen LogP contribution in [0.5, 0.6) is 5.06 Å². The lowest BCUT2D eigenvalue weighted by Crippen LogP contribution is -2.12. The minimum atomic E-state index is -1.37. The number of pyridine rings is 1. The molecule has 2 aromatic carbocycles. The summed E-state index contributed by atoms with van der Waals surface area (Å²) in [5, 5.41) is 22.7. The third-order valence-corrected chi connectivity index (χ3v) is 6.70. The topological polar surface area (TPSA) is 92.0 Å². The molecule has 2 aromatic heterocycles. The molecule has 1 unspecified atom stereocenters. The summed E-state index contributed by atoms with van der Waals surface area (Å²) in [7, 11) is 0. The molecule has 2 N–H and O–H groups in total. The molecular weight excluding hydrogens is 491 g/mol. The van der Waals surface area contributed by atoms with E-state index in [1.54, 1.807) is 42.6 Å². The number of aromatic nitrogens is 1. The smallest absolute Gasteiger partial charge is 0.449 e. The fourth-order valence-corrected chi connectivity index (χ4v) is 4.84. The van der Waals surface area contributed by atoms with Crippen molar-refractivity contribution in [2.24, 2.45) is 5.16 Å². The summed E-state index contributed by atoms with van der Waals surface area (Å²) in [5.74, 6) is -0.918. The number of nitrogens with zero attached hydrogens (tertiary/aromatic N) is 2. The number of halogens is 2. The van der Waals surface area contributed by atoms with Gasteiger partial charge >= 0.3 is 6.16 Å². The van der Waals surface area contributed by atoms with Gasteiger partial charge in [-0.05, 0) is 60.0 Å². The number of aryl methyl sites for hydroxylation is 1. The van der Waals surface area contributed by atoms with Gasteiger partial charge in [-0.15, -0.1) is 0 Å². The Labute approximate surface area is 209 Å². The highest BCUT2D eigenvalue weighted by Crippen LogP contribution is 2.36. The van der Waals surface area contributed by atoms with Crippen molar-refractivity contribution in [1.29, 1.82) is 0 Å². The Morgan fingerprint density at radius 1 is 1.14 bits per heavy atom. The molecule has 0 aliphatic rings. The van der Waals surface area contributed by atoms with Crippen LogP contribution in [0.1, 0.15) is 34.7 Å². The van der Waals surface area contributed by atoms with Gasteiger partial charge in [-0.1, -0.05) is 58.4 Å². The molecule has 0 spiro atoms. The molecular formula is C26H20ClFN2O4S. The lowest BCUT2D eigenvalue weighted by atomic mass is 9.85. The highest BCUT2D eigenvalue weighted by Gasteiger charge is 2.22.